The minimum absolute atomic E-state index is 0.122. The Balaban J connectivity index is 1.88. The van der Waals surface area contributed by atoms with Gasteiger partial charge in [0.25, 0.3) is 5.69 Å². The van der Waals surface area contributed by atoms with Crippen LogP contribution in [-0.4, -0.2) is 32.9 Å². The van der Waals surface area contributed by atoms with Gasteiger partial charge in [0.2, 0.25) is 0 Å². The number of nitro benzene ring substituents is 1. The van der Waals surface area contributed by atoms with Crippen molar-refractivity contribution in [3.05, 3.63) is 79.0 Å². The van der Waals surface area contributed by atoms with Gasteiger partial charge >= 0.3 is 11.2 Å². The maximum absolute atomic E-state index is 12.8. The number of hydrogen-bond donors (Lipinski definition) is 2. The van der Waals surface area contributed by atoms with Crippen LogP contribution in [0.5, 0.6) is 5.75 Å². The molecule has 10 heteroatoms. The van der Waals surface area contributed by atoms with Crippen LogP contribution in [0.3, 0.4) is 0 Å². The molecular weight excluding hydrogens is 366 g/mol. The summed E-state index contributed by atoms with van der Waals surface area (Å²) in [5.74, 6) is 0.511. The quantitative estimate of drug-likeness (QED) is 0.317. The topological polar surface area (TPSA) is 135 Å². The molecule has 0 saturated heterocycles. The first kappa shape index (κ1) is 17.2. The number of nitrogens with one attached hydrogen (secondary N) is 2. The average Bonchev–Trinajstić information content (AvgIpc) is 3.07. The Morgan fingerprint density at radius 2 is 1.93 bits per heavy atom. The van der Waals surface area contributed by atoms with Crippen LogP contribution in [0.25, 0.3) is 21.9 Å². The third kappa shape index (κ3) is 2.72. The minimum Gasteiger partial charge on any atom is -0.496 e. The van der Waals surface area contributed by atoms with Gasteiger partial charge in [-0.3, -0.25) is 14.9 Å². The molecule has 0 bridgehead atoms. The number of hydrogen-bond acceptors (Lipinski definition) is 6. The summed E-state index contributed by atoms with van der Waals surface area (Å²) >= 11 is 0. The van der Waals surface area contributed by atoms with Crippen molar-refractivity contribution in [2.24, 2.45) is 5.10 Å². The number of rotatable bonds is 4. The van der Waals surface area contributed by atoms with Crippen LogP contribution in [0.2, 0.25) is 0 Å². The fraction of sp³-hybridized carbons (Fsp3) is 0.0556. The van der Waals surface area contributed by atoms with E-state index in [1.165, 1.54) is 31.5 Å². The summed E-state index contributed by atoms with van der Waals surface area (Å²) in [5, 5.41) is 15.3. The van der Waals surface area contributed by atoms with Gasteiger partial charge in [0, 0.05) is 17.7 Å². The number of aromatic nitrogens is 3. The van der Waals surface area contributed by atoms with Crippen LogP contribution < -0.4 is 16.0 Å². The Morgan fingerprint density at radius 3 is 2.68 bits per heavy atom. The Morgan fingerprint density at radius 1 is 1.14 bits per heavy atom. The summed E-state index contributed by atoms with van der Waals surface area (Å²) in [4.78, 5) is 41.1. The molecule has 0 radical (unpaired) electrons. The lowest BCUT2D eigenvalue weighted by atomic mass is 10.2. The summed E-state index contributed by atoms with van der Waals surface area (Å²) in [5.41, 5.74) is -0.0333. The second-order valence-corrected chi connectivity index (χ2v) is 5.90. The van der Waals surface area contributed by atoms with Crippen molar-refractivity contribution < 1.29 is 9.66 Å². The molecule has 0 aliphatic rings. The normalized spacial score (nSPS) is 11.5. The molecule has 4 aromatic rings. The van der Waals surface area contributed by atoms with Crippen molar-refractivity contribution in [3.8, 4) is 5.75 Å². The summed E-state index contributed by atoms with van der Waals surface area (Å²) in [6, 6.07) is 10.9. The van der Waals surface area contributed by atoms with E-state index in [1.807, 2.05) is 0 Å². The SMILES string of the molecule is COc1cccc2[nH]c3c(=O)n(N=Cc4cccc([N+](=O)[O-])c4)c(=O)[nH]c3c12. The molecule has 2 aromatic heterocycles. The van der Waals surface area contributed by atoms with Gasteiger partial charge < -0.3 is 14.7 Å². The van der Waals surface area contributed by atoms with Crippen molar-refractivity contribution in [1.82, 2.24) is 14.6 Å². The van der Waals surface area contributed by atoms with Crippen molar-refractivity contribution in [2.75, 3.05) is 7.11 Å². The number of nitro groups is 1. The molecule has 0 fully saturated rings. The maximum atomic E-state index is 12.8. The second-order valence-electron chi connectivity index (χ2n) is 5.90. The molecular formula is C18H13N5O5. The Kier molecular flexibility index (Phi) is 4.00. The van der Waals surface area contributed by atoms with Gasteiger partial charge in [-0.05, 0) is 12.1 Å². The number of benzene rings is 2. The lowest BCUT2D eigenvalue weighted by Crippen LogP contribution is -2.32. The highest BCUT2D eigenvalue weighted by atomic mass is 16.6. The molecule has 10 nitrogen and oxygen atoms in total. The van der Waals surface area contributed by atoms with Crippen LogP contribution in [0.4, 0.5) is 5.69 Å². The standard InChI is InChI=1S/C18H13N5O5/c1-28-13-7-3-6-12-14(13)15-16(20-12)17(24)22(18(25)21-15)19-9-10-4-2-5-11(8-10)23(26)27/h2-9,20H,1H3,(H,21,25). The third-order valence-corrected chi connectivity index (χ3v) is 4.24. The lowest BCUT2D eigenvalue weighted by molar-refractivity contribution is -0.384. The van der Waals surface area contributed by atoms with E-state index >= 15 is 0 Å². The van der Waals surface area contributed by atoms with E-state index in [0.717, 1.165) is 0 Å². The van der Waals surface area contributed by atoms with Gasteiger partial charge in [-0.1, -0.05) is 18.2 Å². The zero-order valence-electron chi connectivity index (χ0n) is 14.5. The highest BCUT2D eigenvalue weighted by molar-refractivity contribution is 6.07. The maximum Gasteiger partial charge on any atom is 0.350 e. The van der Waals surface area contributed by atoms with Gasteiger partial charge in [0.05, 0.1) is 34.7 Å². The van der Waals surface area contributed by atoms with Crippen molar-refractivity contribution in [1.29, 1.82) is 0 Å². The van der Waals surface area contributed by atoms with Crippen LogP contribution in [0, 0.1) is 10.1 Å². The first-order chi connectivity index (χ1) is 13.5. The molecule has 0 spiro atoms. The summed E-state index contributed by atoms with van der Waals surface area (Å²) < 4.78 is 5.96. The predicted octanol–water partition coefficient (Wildman–Crippen LogP) is 1.97. The molecule has 28 heavy (non-hydrogen) atoms. The number of nitrogens with zero attached hydrogens (tertiary/aromatic N) is 3. The number of ether oxygens (including phenoxy) is 1. The first-order valence-electron chi connectivity index (χ1n) is 8.12. The van der Waals surface area contributed by atoms with Crippen LogP contribution >= 0.6 is 0 Å². The number of aromatic amines is 2. The minimum atomic E-state index is -0.744. The van der Waals surface area contributed by atoms with Gasteiger partial charge in [-0.15, -0.1) is 4.68 Å². The van der Waals surface area contributed by atoms with Gasteiger partial charge in [0.1, 0.15) is 11.3 Å². The Bertz CT molecular complexity index is 1380. The number of non-ortho nitro benzene ring substituents is 1. The van der Waals surface area contributed by atoms with Crippen molar-refractivity contribution in [2.45, 2.75) is 0 Å². The summed E-state index contributed by atoms with van der Waals surface area (Å²) in [6.07, 6.45) is 1.21. The lowest BCUT2D eigenvalue weighted by Gasteiger charge is -2.01. The molecule has 4 rings (SSSR count). The molecule has 0 atom stereocenters. The summed E-state index contributed by atoms with van der Waals surface area (Å²) in [6.45, 7) is 0. The summed E-state index contributed by atoms with van der Waals surface area (Å²) in [7, 11) is 1.50. The van der Waals surface area contributed by atoms with Crippen molar-refractivity contribution >= 4 is 33.8 Å². The molecule has 2 N–H and O–H groups in total. The van der Waals surface area contributed by atoms with E-state index in [0.29, 0.717) is 32.4 Å². The molecule has 2 aromatic carbocycles. The molecule has 0 aliphatic carbocycles. The highest BCUT2D eigenvalue weighted by Crippen LogP contribution is 2.29. The van der Waals surface area contributed by atoms with Gasteiger partial charge in [-0.2, -0.15) is 5.10 Å². The fourth-order valence-corrected chi connectivity index (χ4v) is 2.98. The Hall–Kier alpha value is -4.21. The molecule has 0 aliphatic heterocycles. The molecule has 2 heterocycles. The van der Waals surface area contributed by atoms with E-state index in [4.69, 9.17) is 4.74 Å². The van der Waals surface area contributed by atoms with E-state index in [-0.39, 0.29) is 11.2 Å². The van der Waals surface area contributed by atoms with E-state index in [2.05, 4.69) is 15.1 Å². The number of fused-ring (bicyclic) bond motifs is 3. The zero-order valence-corrected chi connectivity index (χ0v) is 14.5. The largest absolute Gasteiger partial charge is 0.496 e. The molecule has 0 saturated carbocycles. The molecule has 0 unspecified atom stereocenters. The highest BCUT2D eigenvalue weighted by Gasteiger charge is 2.15. The first-order valence-corrected chi connectivity index (χ1v) is 8.12. The van der Waals surface area contributed by atoms with Crippen LogP contribution in [0.15, 0.2) is 57.2 Å². The van der Waals surface area contributed by atoms with Gasteiger partial charge in [0.15, 0.2) is 0 Å². The Labute approximate surface area is 155 Å². The monoisotopic (exact) mass is 379 g/mol. The molecule has 140 valence electrons. The second kappa shape index (κ2) is 6.50. The van der Waals surface area contributed by atoms with E-state index < -0.39 is 16.2 Å². The van der Waals surface area contributed by atoms with Gasteiger partial charge in [-0.25, -0.2) is 4.79 Å². The van der Waals surface area contributed by atoms with Crippen LogP contribution in [-0.2, 0) is 0 Å². The van der Waals surface area contributed by atoms with E-state index in [1.54, 1.807) is 24.3 Å². The number of methoxy groups -OCH3 is 1. The molecule has 0 amide bonds. The smallest absolute Gasteiger partial charge is 0.350 e. The van der Waals surface area contributed by atoms with Crippen molar-refractivity contribution in [3.63, 3.8) is 0 Å². The zero-order chi connectivity index (χ0) is 19.8. The van der Waals surface area contributed by atoms with Crippen LogP contribution in [0.1, 0.15) is 5.56 Å². The fourth-order valence-electron chi connectivity index (χ4n) is 2.98. The third-order valence-electron chi connectivity index (χ3n) is 4.24. The predicted molar refractivity (Wildman–Crippen MR) is 103 cm³/mol. The average molecular weight is 379 g/mol. The van der Waals surface area contributed by atoms with E-state index in [9.17, 15) is 19.7 Å². The number of H-pyrrole nitrogens is 2.